The fraction of sp³-hybridized carbons (Fsp3) is 1.00. The van der Waals surface area contributed by atoms with E-state index >= 15 is 0 Å². The van der Waals surface area contributed by atoms with Crippen LogP contribution in [-0.2, 0) is 0 Å². The van der Waals surface area contributed by atoms with Crippen molar-refractivity contribution in [2.45, 2.75) is 59.3 Å². The molecule has 3 fully saturated rings. The van der Waals surface area contributed by atoms with E-state index in [0.29, 0.717) is 10.8 Å². The average molecular weight is 192 g/mol. The monoisotopic (exact) mass is 192 g/mol. The normalized spacial score (nSPS) is 50.8. The van der Waals surface area contributed by atoms with E-state index in [-0.39, 0.29) is 0 Å². The molecule has 0 heteroatoms. The van der Waals surface area contributed by atoms with E-state index in [0.717, 1.165) is 17.8 Å². The standard InChI is InChI=1S/C14H24/c1-13(2)12-8-7-10(12)9-14(13,3)11-5-4-6-11/h10-12H,4-9H2,1-3H3. The number of hydrogen-bond acceptors (Lipinski definition) is 0. The van der Waals surface area contributed by atoms with Crippen LogP contribution < -0.4 is 0 Å². The molecule has 0 heterocycles. The summed E-state index contributed by atoms with van der Waals surface area (Å²) >= 11 is 0. The van der Waals surface area contributed by atoms with Gasteiger partial charge in [-0.1, -0.05) is 27.2 Å². The van der Waals surface area contributed by atoms with Crippen LogP contribution in [0.1, 0.15) is 59.3 Å². The molecule has 0 aliphatic heterocycles. The Morgan fingerprint density at radius 1 is 0.929 bits per heavy atom. The van der Waals surface area contributed by atoms with Crippen molar-refractivity contribution in [3.63, 3.8) is 0 Å². The number of fused-ring (bicyclic) bond motifs is 1. The summed E-state index contributed by atoms with van der Waals surface area (Å²) < 4.78 is 0. The van der Waals surface area contributed by atoms with Crippen molar-refractivity contribution in [3.05, 3.63) is 0 Å². The summed E-state index contributed by atoms with van der Waals surface area (Å²) in [6, 6.07) is 0. The van der Waals surface area contributed by atoms with Crippen LogP contribution >= 0.6 is 0 Å². The molecule has 3 aliphatic carbocycles. The van der Waals surface area contributed by atoms with Gasteiger partial charge in [0.05, 0.1) is 0 Å². The maximum absolute atomic E-state index is 2.61. The molecule has 3 saturated carbocycles. The quantitative estimate of drug-likeness (QED) is 0.582. The molecule has 3 aliphatic rings. The minimum Gasteiger partial charge on any atom is -0.0591 e. The van der Waals surface area contributed by atoms with Gasteiger partial charge in [-0.2, -0.15) is 0 Å². The van der Waals surface area contributed by atoms with Crippen molar-refractivity contribution >= 4 is 0 Å². The largest absolute Gasteiger partial charge is 0.0591 e. The summed E-state index contributed by atoms with van der Waals surface area (Å²) in [5, 5.41) is 0. The van der Waals surface area contributed by atoms with Gasteiger partial charge in [-0.05, 0) is 60.7 Å². The van der Waals surface area contributed by atoms with Gasteiger partial charge in [0.15, 0.2) is 0 Å². The topological polar surface area (TPSA) is 0 Å². The smallest absolute Gasteiger partial charge is 0.0241 e. The Bertz CT molecular complexity index is 249. The second kappa shape index (κ2) is 2.57. The highest BCUT2D eigenvalue weighted by atomic mass is 14.7. The van der Waals surface area contributed by atoms with Gasteiger partial charge in [0.2, 0.25) is 0 Å². The third-order valence-corrected chi connectivity index (χ3v) is 6.51. The Morgan fingerprint density at radius 2 is 1.64 bits per heavy atom. The lowest BCUT2D eigenvalue weighted by Crippen LogP contribution is -2.43. The third kappa shape index (κ3) is 0.864. The molecule has 0 nitrogen and oxygen atoms in total. The van der Waals surface area contributed by atoms with E-state index in [1.165, 1.54) is 32.1 Å². The van der Waals surface area contributed by atoms with E-state index in [2.05, 4.69) is 20.8 Å². The van der Waals surface area contributed by atoms with Crippen molar-refractivity contribution in [3.8, 4) is 0 Å². The van der Waals surface area contributed by atoms with E-state index in [4.69, 9.17) is 0 Å². The highest BCUT2D eigenvalue weighted by molar-refractivity contribution is 5.11. The second-order valence-electron chi connectivity index (χ2n) is 6.92. The summed E-state index contributed by atoms with van der Waals surface area (Å²) in [6.07, 6.45) is 9.18. The van der Waals surface area contributed by atoms with Crippen LogP contribution in [0.2, 0.25) is 0 Å². The van der Waals surface area contributed by atoms with E-state index in [9.17, 15) is 0 Å². The van der Waals surface area contributed by atoms with Gasteiger partial charge < -0.3 is 0 Å². The zero-order valence-corrected chi connectivity index (χ0v) is 9.97. The van der Waals surface area contributed by atoms with Gasteiger partial charge in [-0.25, -0.2) is 0 Å². The Morgan fingerprint density at radius 3 is 1.93 bits per heavy atom. The van der Waals surface area contributed by atoms with Crippen LogP contribution in [-0.4, -0.2) is 0 Å². The van der Waals surface area contributed by atoms with Crippen molar-refractivity contribution in [2.75, 3.05) is 0 Å². The first kappa shape index (κ1) is 9.24. The molecular weight excluding hydrogens is 168 g/mol. The molecule has 0 N–H and O–H groups in total. The predicted molar refractivity (Wildman–Crippen MR) is 60.1 cm³/mol. The molecule has 0 aromatic carbocycles. The summed E-state index contributed by atoms with van der Waals surface area (Å²) in [6.45, 7) is 7.74. The highest BCUT2D eigenvalue weighted by Crippen LogP contribution is 2.70. The van der Waals surface area contributed by atoms with Crippen molar-refractivity contribution in [1.29, 1.82) is 0 Å². The van der Waals surface area contributed by atoms with E-state index in [1.54, 1.807) is 6.42 Å². The predicted octanol–water partition coefficient (Wildman–Crippen LogP) is 4.25. The van der Waals surface area contributed by atoms with Crippen LogP contribution in [0.5, 0.6) is 0 Å². The first-order valence-electron chi connectivity index (χ1n) is 6.56. The minimum absolute atomic E-state index is 0.640. The zero-order valence-electron chi connectivity index (χ0n) is 9.97. The Kier molecular flexibility index (Phi) is 1.70. The van der Waals surface area contributed by atoms with Crippen LogP contribution in [0, 0.1) is 28.6 Å². The summed E-state index contributed by atoms with van der Waals surface area (Å²) in [7, 11) is 0. The molecule has 0 aromatic heterocycles. The van der Waals surface area contributed by atoms with E-state index in [1.807, 2.05) is 0 Å². The van der Waals surface area contributed by atoms with Crippen LogP contribution in [0.15, 0.2) is 0 Å². The molecule has 0 spiro atoms. The summed E-state index contributed by atoms with van der Waals surface area (Å²) in [5.41, 5.74) is 1.33. The van der Waals surface area contributed by atoms with Crippen molar-refractivity contribution in [1.82, 2.24) is 0 Å². The number of hydrogen-bond donors (Lipinski definition) is 0. The van der Waals surface area contributed by atoms with Gasteiger partial charge in [0.25, 0.3) is 0 Å². The molecule has 3 unspecified atom stereocenters. The molecule has 3 rings (SSSR count). The summed E-state index contributed by atoms with van der Waals surface area (Å²) in [4.78, 5) is 0. The van der Waals surface area contributed by atoms with E-state index < -0.39 is 0 Å². The maximum atomic E-state index is 2.61. The van der Waals surface area contributed by atoms with Gasteiger partial charge in [0.1, 0.15) is 0 Å². The lowest BCUT2D eigenvalue weighted by molar-refractivity contribution is -0.0189. The summed E-state index contributed by atoms with van der Waals surface area (Å²) in [5.74, 6) is 3.26. The second-order valence-corrected chi connectivity index (χ2v) is 6.92. The Hall–Kier alpha value is 0. The van der Waals surface area contributed by atoms with Crippen LogP contribution in [0.4, 0.5) is 0 Å². The third-order valence-electron chi connectivity index (χ3n) is 6.51. The van der Waals surface area contributed by atoms with Crippen LogP contribution in [0.3, 0.4) is 0 Å². The molecule has 0 amide bonds. The highest BCUT2D eigenvalue weighted by Gasteiger charge is 2.61. The van der Waals surface area contributed by atoms with Gasteiger partial charge in [-0.3, -0.25) is 0 Å². The lowest BCUT2D eigenvalue weighted by atomic mass is 9.54. The maximum Gasteiger partial charge on any atom is -0.0241 e. The van der Waals surface area contributed by atoms with Crippen LogP contribution in [0.25, 0.3) is 0 Å². The molecule has 0 radical (unpaired) electrons. The molecule has 0 aromatic rings. The molecule has 3 atom stereocenters. The fourth-order valence-corrected chi connectivity index (χ4v) is 4.73. The lowest BCUT2D eigenvalue weighted by Gasteiger charge is -2.51. The van der Waals surface area contributed by atoms with Gasteiger partial charge in [-0.15, -0.1) is 0 Å². The fourth-order valence-electron chi connectivity index (χ4n) is 4.73. The Balaban J connectivity index is 1.90. The first-order valence-corrected chi connectivity index (χ1v) is 6.56. The van der Waals surface area contributed by atoms with Gasteiger partial charge >= 0.3 is 0 Å². The molecule has 80 valence electrons. The zero-order chi connectivity index (χ0) is 9.97. The van der Waals surface area contributed by atoms with Gasteiger partial charge in [0, 0.05) is 0 Å². The van der Waals surface area contributed by atoms with Crippen molar-refractivity contribution < 1.29 is 0 Å². The first-order chi connectivity index (χ1) is 6.56. The van der Waals surface area contributed by atoms with Crippen molar-refractivity contribution in [2.24, 2.45) is 28.6 Å². The SMILES string of the molecule is CC1(C)C2CCC2CC1(C)C1CCC1. The minimum atomic E-state index is 0.640. The Labute approximate surface area is 88.5 Å². The number of rotatable bonds is 1. The molecule has 0 bridgehead atoms. The molecular formula is C14H24. The average Bonchev–Trinajstić information content (AvgIpc) is 2.03. The molecule has 0 saturated heterocycles. The molecule has 14 heavy (non-hydrogen) atoms.